The van der Waals surface area contributed by atoms with Crippen LogP contribution in [0.2, 0.25) is 0 Å². The summed E-state index contributed by atoms with van der Waals surface area (Å²) < 4.78 is 0. The second-order valence-corrected chi connectivity index (χ2v) is 6.14. The standard InChI is InChI=1S/C18H13N3OS/c22-18-13-8-4-5-9-14(13)19-16(21-18)10-17-20-15(11-23-17)12-6-2-1-3-7-12/h1-9,11H,10H2,(H,19,21,22). The minimum atomic E-state index is -0.106. The number of fused-ring (bicyclic) bond motifs is 1. The predicted molar refractivity (Wildman–Crippen MR) is 92.7 cm³/mol. The van der Waals surface area contributed by atoms with E-state index >= 15 is 0 Å². The van der Waals surface area contributed by atoms with Crippen molar-refractivity contribution >= 4 is 22.2 Å². The monoisotopic (exact) mass is 319 g/mol. The third-order valence-corrected chi connectivity index (χ3v) is 4.45. The molecule has 0 amide bonds. The number of benzene rings is 2. The fourth-order valence-electron chi connectivity index (χ4n) is 2.50. The average molecular weight is 319 g/mol. The summed E-state index contributed by atoms with van der Waals surface area (Å²) in [4.78, 5) is 24.1. The molecule has 4 aromatic rings. The van der Waals surface area contributed by atoms with Gasteiger partial charge in [-0.2, -0.15) is 0 Å². The summed E-state index contributed by atoms with van der Waals surface area (Å²) in [7, 11) is 0. The summed E-state index contributed by atoms with van der Waals surface area (Å²) >= 11 is 1.58. The number of nitrogens with one attached hydrogen (secondary N) is 1. The van der Waals surface area contributed by atoms with Crippen LogP contribution in [0.4, 0.5) is 0 Å². The maximum absolute atomic E-state index is 12.1. The molecule has 112 valence electrons. The van der Waals surface area contributed by atoms with Crippen molar-refractivity contribution < 1.29 is 0 Å². The van der Waals surface area contributed by atoms with Gasteiger partial charge in [0.25, 0.3) is 5.56 Å². The van der Waals surface area contributed by atoms with Crippen LogP contribution < -0.4 is 5.56 Å². The molecule has 0 aliphatic carbocycles. The molecule has 0 fully saturated rings. The number of hydrogen-bond acceptors (Lipinski definition) is 4. The molecule has 0 bridgehead atoms. The smallest absolute Gasteiger partial charge is 0.258 e. The van der Waals surface area contributed by atoms with E-state index in [0.29, 0.717) is 23.1 Å². The van der Waals surface area contributed by atoms with Crippen molar-refractivity contribution in [1.29, 1.82) is 0 Å². The van der Waals surface area contributed by atoms with E-state index in [2.05, 4.69) is 15.0 Å². The molecule has 2 aromatic carbocycles. The first-order chi connectivity index (χ1) is 11.3. The van der Waals surface area contributed by atoms with Gasteiger partial charge in [-0.3, -0.25) is 4.79 Å². The maximum atomic E-state index is 12.1. The fraction of sp³-hybridized carbons (Fsp3) is 0.0556. The molecule has 0 spiro atoms. The first kappa shape index (κ1) is 13.8. The number of H-pyrrole nitrogens is 1. The SMILES string of the molecule is O=c1[nH]c(Cc2nc(-c3ccccc3)cs2)nc2ccccc12. The van der Waals surface area contributed by atoms with Gasteiger partial charge in [-0.1, -0.05) is 42.5 Å². The van der Waals surface area contributed by atoms with Crippen molar-refractivity contribution in [3.05, 3.63) is 81.2 Å². The zero-order valence-electron chi connectivity index (χ0n) is 12.2. The van der Waals surface area contributed by atoms with Gasteiger partial charge in [0.15, 0.2) is 0 Å². The summed E-state index contributed by atoms with van der Waals surface area (Å²) in [5.74, 6) is 0.641. The van der Waals surface area contributed by atoms with Crippen LogP contribution in [0.15, 0.2) is 64.8 Å². The summed E-state index contributed by atoms with van der Waals surface area (Å²) in [6.07, 6.45) is 0.525. The molecule has 4 nitrogen and oxygen atoms in total. The van der Waals surface area contributed by atoms with Crippen LogP contribution in [0.25, 0.3) is 22.2 Å². The number of para-hydroxylation sites is 1. The third-order valence-electron chi connectivity index (χ3n) is 3.60. The van der Waals surface area contributed by atoms with Crippen molar-refractivity contribution in [2.75, 3.05) is 0 Å². The number of thiazole rings is 1. The minimum Gasteiger partial charge on any atom is -0.310 e. The Morgan fingerprint density at radius 1 is 0.957 bits per heavy atom. The lowest BCUT2D eigenvalue weighted by Gasteiger charge is -2.01. The van der Waals surface area contributed by atoms with Gasteiger partial charge in [-0.05, 0) is 12.1 Å². The molecule has 23 heavy (non-hydrogen) atoms. The van der Waals surface area contributed by atoms with E-state index in [-0.39, 0.29) is 5.56 Å². The highest BCUT2D eigenvalue weighted by Gasteiger charge is 2.08. The zero-order valence-corrected chi connectivity index (χ0v) is 13.0. The molecule has 2 aromatic heterocycles. The zero-order chi connectivity index (χ0) is 15.6. The lowest BCUT2D eigenvalue weighted by Crippen LogP contribution is -2.12. The van der Waals surface area contributed by atoms with Crippen molar-refractivity contribution in [2.24, 2.45) is 0 Å². The van der Waals surface area contributed by atoms with Gasteiger partial charge in [-0.15, -0.1) is 11.3 Å². The second-order valence-electron chi connectivity index (χ2n) is 5.20. The van der Waals surface area contributed by atoms with Crippen LogP contribution in [0.1, 0.15) is 10.8 Å². The van der Waals surface area contributed by atoms with Crippen LogP contribution in [-0.2, 0) is 6.42 Å². The lowest BCUT2D eigenvalue weighted by molar-refractivity contribution is 0.963. The van der Waals surface area contributed by atoms with Crippen molar-refractivity contribution in [3.63, 3.8) is 0 Å². The van der Waals surface area contributed by atoms with Crippen LogP contribution >= 0.6 is 11.3 Å². The second kappa shape index (κ2) is 5.78. The van der Waals surface area contributed by atoms with Crippen LogP contribution in [0, 0.1) is 0 Å². The molecule has 2 heterocycles. The Balaban J connectivity index is 1.66. The van der Waals surface area contributed by atoms with Gasteiger partial charge in [0, 0.05) is 10.9 Å². The van der Waals surface area contributed by atoms with E-state index in [0.717, 1.165) is 16.3 Å². The third kappa shape index (κ3) is 2.78. The number of aromatic amines is 1. The number of aromatic nitrogens is 3. The maximum Gasteiger partial charge on any atom is 0.258 e. The lowest BCUT2D eigenvalue weighted by atomic mass is 10.2. The van der Waals surface area contributed by atoms with Crippen LogP contribution in [0.5, 0.6) is 0 Å². The summed E-state index contributed by atoms with van der Waals surface area (Å²) in [5.41, 5.74) is 2.65. The first-order valence-corrected chi connectivity index (χ1v) is 8.15. The molecule has 0 radical (unpaired) electrons. The normalized spacial score (nSPS) is 11.0. The minimum absolute atomic E-state index is 0.106. The molecule has 0 aliphatic heterocycles. The molecule has 0 atom stereocenters. The Morgan fingerprint density at radius 3 is 2.61 bits per heavy atom. The van der Waals surface area contributed by atoms with E-state index in [1.807, 2.05) is 53.9 Å². The van der Waals surface area contributed by atoms with E-state index < -0.39 is 0 Å². The first-order valence-electron chi connectivity index (χ1n) is 7.27. The van der Waals surface area contributed by atoms with Crippen LogP contribution in [0.3, 0.4) is 0 Å². The molecule has 0 saturated heterocycles. The molecule has 1 N–H and O–H groups in total. The summed E-state index contributed by atoms with van der Waals surface area (Å²) in [5, 5.41) is 3.58. The van der Waals surface area contributed by atoms with Gasteiger partial charge >= 0.3 is 0 Å². The van der Waals surface area contributed by atoms with Gasteiger partial charge in [0.1, 0.15) is 10.8 Å². The highest BCUT2D eigenvalue weighted by Crippen LogP contribution is 2.22. The van der Waals surface area contributed by atoms with Crippen molar-refractivity contribution in [3.8, 4) is 11.3 Å². The molecular formula is C18H13N3OS. The Kier molecular flexibility index (Phi) is 3.48. The quantitative estimate of drug-likeness (QED) is 0.627. The molecule has 0 unspecified atom stereocenters. The Labute approximate surface area is 136 Å². The number of nitrogens with zero attached hydrogens (tertiary/aromatic N) is 2. The molecule has 5 heteroatoms. The van der Waals surface area contributed by atoms with Gasteiger partial charge < -0.3 is 4.98 Å². The topological polar surface area (TPSA) is 58.6 Å². The van der Waals surface area contributed by atoms with Gasteiger partial charge in [0.2, 0.25) is 0 Å². The van der Waals surface area contributed by atoms with E-state index in [9.17, 15) is 4.79 Å². The van der Waals surface area contributed by atoms with Crippen molar-refractivity contribution in [2.45, 2.75) is 6.42 Å². The molecular weight excluding hydrogens is 306 g/mol. The van der Waals surface area contributed by atoms with E-state index in [4.69, 9.17) is 0 Å². The molecule has 4 rings (SSSR count). The molecule has 0 saturated carbocycles. The number of rotatable bonds is 3. The van der Waals surface area contributed by atoms with E-state index in [1.165, 1.54) is 0 Å². The predicted octanol–water partition coefficient (Wildman–Crippen LogP) is 3.64. The molecule has 0 aliphatic rings. The van der Waals surface area contributed by atoms with E-state index in [1.54, 1.807) is 17.4 Å². The van der Waals surface area contributed by atoms with Crippen molar-refractivity contribution in [1.82, 2.24) is 15.0 Å². The highest BCUT2D eigenvalue weighted by molar-refractivity contribution is 7.10. The average Bonchev–Trinajstić information content (AvgIpc) is 3.04. The summed E-state index contributed by atoms with van der Waals surface area (Å²) in [6, 6.07) is 17.4. The van der Waals surface area contributed by atoms with Gasteiger partial charge in [0.05, 0.1) is 23.0 Å². The number of hydrogen-bond donors (Lipinski definition) is 1. The van der Waals surface area contributed by atoms with Crippen LogP contribution in [-0.4, -0.2) is 15.0 Å². The Bertz CT molecular complexity index is 1020. The summed E-state index contributed by atoms with van der Waals surface area (Å²) in [6.45, 7) is 0. The fourth-order valence-corrected chi connectivity index (χ4v) is 3.30. The Hall–Kier alpha value is -2.79. The largest absolute Gasteiger partial charge is 0.310 e. The highest BCUT2D eigenvalue weighted by atomic mass is 32.1. The Morgan fingerprint density at radius 2 is 1.74 bits per heavy atom. The van der Waals surface area contributed by atoms with Gasteiger partial charge in [-0.25, -0.2) is 9.97 Å².